The largest absolute Gasteiger partial charge is 0.462 e. The summed E-state index contributed by atoms with van der Waals surface area (Å²) in [6, 6.07) is 0. The molecule has 0 aliphatic heterocycles. The molecule has 0 N–H and O–H groups in total. The monoisotopic (exact) mass is 284 g/mol. The van der Waals surface area contributed by atoms with Gasteiger partial charge in [0.05, 0.1) is 6.42 Å². The van der Waals surface area contributed by atoms with Crippen LogP contribution < -0.4 is 0 Å². The summed E-state index contributed by atoms with van der Waals surface area (Å²) in [5.41, 5.74) is 0.174. The van der Waals surface area contributed by atoms with E-state index in [4.69, 9.17) is 4.74 Å². The van der Waals surface area contributed by atoms with Crippen molar-refractivity contribution in [2.24, 2.45) is 23.2 Å². The number of hydrogen-bond acceptors (Lipinski definition) is 3. The van der Waals surface area contributed by atoms with E-state index in [2.05, 4.69) is 33.4 Å². The number of thiol groups is 1. The van der Waals surface area contributed by atoms with Gasteiger partial charge in [0, 0.05) is 0 Å². The molecule has 2 nitrogen and oxygen atoms in total. The van der Waals surface area contributed by atoms with Crippen LogP contribution in [0.25, 0.3) is 0 Å². The highest BCUT2D eigenvalue weighted by Crippen LogP contribution is 2.50. The lowest BCUT2D eigenvalue weighted by Crippen LogP contribution is -2.36. The fourth-order valence-corrected chi connectivity index (χ4v) is 3.76. The zero-order valence-electron chi connectivity index (χ0n) is 12.5. The molecule has 0 amide bonds. The van der Waals surface area contributed by atoms with Gasteiger partial charge in [-0.15, -0.1) is 0 Å². The van der Waals surface area contributed by atoms with E-state index in [9.17, 15) is 4.79 Å². The van der Waals surface area contributed by atoms with Gasteiger partial charge in [-0.3, -0.25) is 4.79 Å². The topological polar surface area (TPSA) is 26.3 Å². The lowest BCUT2D eigenvalue weighted by molar-refractivity contribution is -0.157. The molecule has 0 aromatic rings. The van der Waals surface area contributed by atoms with Crippen LogP contribution in [0.15, 0.2) is 0 Å². The highest BCUT2D eigenvalue weighted by molar-refractivity contribution is 7.80. The third-order valence-corrected chi connectivity index (χ3v) is 5.73. The number of carbonyl (C=O) groups is 1. The molecule has 2 fully saturated rings. The predicted molar refractivity (Wildman–Crippen MR) is 81.4 cm³/mol. The van der Waals surface area contributed by atoms with Gasteiger partial charge in [-0.1, -0.05) is 27.2 Å². The molecular weight excluding hydrogens is 256 g/mol. The van der Waals surface area contributed by atoms with E-state index in [0.29, 0.717) is 24.2 Å². The highest BCUT2D eigenvalue weighted by atomic mass is 32.1. The van der Waals surface area contributed by atoms with Crippen molar-refractivity contribution in [2.75, 3.05) is 5.75 Å². The van der Waals surface area contributed by atoms with Crippen LogP contribution in [0.1, 0.15) is 59.3 Å². The molecule has 110 valence electrons. The number of carbonyl (C=O) groups excluding carboxylic acids is 1. The van der Waals surface area contributed by atoms with Crippen molar-refractivity contribution < 1.29 is 9.53 Å². The molecular formula is C16H28O2S. The maximum atomic E-state index is 12.1. The molecule has 0 spiro atoms. The second-order valence-corrected chi connectivity index (χ2v) is 7.51. The Kier molecular flexibility index (Phi) is 4.86. The summed E-state index contributed by atoms with van der Waals surface area (Å²) in [7, 11) is 0. The van der Waals surface area contributed by atoms with Crippen LogP contribution in [-0.2, 0) is 9.53 Å². The molecule has 2 aliphatic carbocycles. The van der Waals surface area contributed by atoms with Gasteiger partial charge >= 0.3 is 5.97 Å². The van der Waals surface area contributed by atoms with E-state index in [1.54, 1.807) is 0 Å². The van der Waals surface area contributed by atoms with Gasteiger partial charge in [-0.2, -0.15) is 12.6 Å². The first-order valence-electron chi connectivity index (χ1n) is 7.76. The van der Waals surface area contributed by atoms with Crippen molar-refractivity contribution >= 4 is 18.6 Å². The van der Waals surface area contributed by atoms with Crippen molar-refractivity contribution in [1.29, 1.82) is 0 Å². The first-order chi connectivity index (χ1) is 8.96. The molecule has 0 bridgehead atoms. The van der Waals surface area contributed by atoms with Gasteiger partial charge < -0.3 is 4.74 Å². The fraction of sp³-hybridized carbons (Fsp3) is 0.938. The van der Waals surface area contributed by atoms with Crippen LogP contribution in [0, 0.1) is 23.2 Å². The van der Waals surface area contributed by atoms with Crippen LogP contribution in [0.4, 0.5) is 0 Å². The summed E-state index contributed by atoms with van der Waals surface area (Å²) < 4.78 is 5.84. The first kappa shape index (κ1) is 15.2. The summed E-state index contributed by atoms with van der Waals surface area (Å²) in [5.74, 6) is 2.66. The summed E-state index contributed by atoms with van der Waals surface area (Å²) >= 11 is 4.36. The lowest BCUT2D eigenvalue weighted by atomic mass is 9.75. The smallest absolute Gasteiger partial charge is 0.306 e. The van der Waals surface area contributed by atoms with Gasteiger partial charge in [0.1, 0.15) is 6.10 Å². The van der Waals surface area contributed by atoms with E-state index < -0.39 is 0 Å². The fourth-order valence-electron chi connectivity index (χ4n) is 3.33. The molecule has 0 saturated heterocycles. The maximum absolute atomic E-state index is 12.1. The normalized spacial score (nSPS) is 33.2. The van der Waals surface area contributed by atoms with Crippen LogP contribution in [0.5, 0.6) is 0 Å². The minimum absolute atomic E-state index is 0.0105. The van der Waals surface area contributed by atoms with Crippen molar-refractivity contribution in [3.05, 3.63) is 0 Å². The second kappa shape index (κ2) is 6.07. The standard InChI is InChI=1S/C16H28O2S/c1-11(2)13-5-4-12(3)8-14(13)18-15(17)9-16(10-19)6-7-16/h11-14,19H,4-10H2,1-3H3. The molecule has 3 heteroatoms. The quantitative estimate of drug-likeness (QED) is 0.608. The van der Waals surface area contributed by atoms with Gasteiger partial charge in [0.2, 0.25) is 0 Å². The summed E-state index contributed by atoms with van der Waals surface area (Å²) in [6.45, 7) is 6.77. The Morgan fingerprint density at radius 3 is 2.58 bits per heavy atom. The minimum atomic E-state index is 0.0105. The van der Waals surface area contributed by atoms with E-state index in [1.807, 2.05) is 0 Å². The van der Waals surface area contributed by atoms with Crippen LogP contribution in [-0.4, -0.2) is 17.8 Å². The Balaban J connectivity index is 1.89. The highest BCUT2D eigenvalue weighted by Gasteiger charge is 2.44. The van der Waals surface area contributed by atoms with E-state index in [1.165, 1.54) is 12.8 Å². The Morgan fingerprint density at radius 1 is 1.37 bits per heavy atom. The van der Waals surface area contributed by atoms with E-state index in [-0.39, 0.29) is 17.5 Å². The van der Waals surface area contributed by atoms with Crippen LogP contribution >= 0.6 is 12.6 Å². The molecule has 2 aliphatic rings. The first-order valence-corrected chi connectivity index (χ1v) is 8.39. The number of esters is 1. The Bertz CT molecular complexity index is 323. The van der Waals surface area contributed by atoms with Gasteiger partial charge in [0.25, 0.3) is 0 Å². The zero-order valence-corrected chi connectivity index (χ0v) is 13.4. The van der Waals surface area contributed by atoms with Crippen molar-refractivity contribution in [1.82, 2.24) is 0 Å². The SMILES string of the molecule is CC1CCC(C(C)C)C(OC(=O)CC2(CS)CC2)C1. The Hall–Kier alpha value is -0.180. The third kappa shape index (κ3) is 3.90. The minimum Gasteiger partial charge on any atom is -0.462 e. The van der Waals surface area contributed by atoms with Crippen LogP contribution in [0.3, 0.4) is 0 Å². The molecule has 0 aromatic carbocycles. The molecule has 0 aromatic heterocycles. The van der Waals surface area contributed by atoms with Crippen LogP contribution in [0.2, 0.25) is 0 Å². The Labute approximate surface area is 123 Å². The molecule has 2 saturated carbocycles. The Morgan fingerprint density at radius 2 is 2.05 bits per heavy atom. The van der Waals surface area contributed by atoms with Gasteiger partial charge in [-0.25, -0.2) is 0 Å². The summed E-state index contributed by atoms with van der Waals surface area (Å²) in [6.07, 6.45) is 6.52. The number of ether oxygens (including phenoxy) is 1. The maximum Gasteiger partial charge on any atom is 0.306 e. The lowest BCUT2D eigenvalue weighted by Gasteiger charge is -2.36. The second-order valence-electron chi connectivity index (χ2n) is 7.19. The molecule has 0 heterocycles. The molecule has 0 radical (unpaired) electrons. The molecule has 3 unspecified atom stereocenters. The van der Waals surface area contributed by atoms with E-state index in [0.717, 1.165) is 25.0 Å². The number of hydrogen-bond donors (Lipinski definition) is 1. The van der Waals surface area contributed by atoms with Gasteiger partial charge in [0.15, 0.2) is 0 Å². The average Bonchev–Trinajstić information content (AvgIpc) is 3.09. The molecule has 19 heavy (non-hydrogen) atoms. The van der Waals surface area contributed by atoms with E-state index >= 15 is 0 Å². The van der Waals surface area contributed by atoms with Crippen molar-refractivity contribution in [3.63, 3.8) is 0 Å². The van der Waals surface area contributed by atoms with Gasteiger partial charge in [-0.05, 0) is 54.6 Å². The number of rotatable bonds is 5. The average molecular weight is 284 g/mol. The van der Waals surface area contributed by atoms with Crippen molar-refractivity contribution in [2.45, 2.75) is 65.4 Å². The zero-order chi connectivity index (χ0) is 14.0. The van der Waals surface area contributed by atoms with Crippen molar-refractivity contribution in [3.8, 4) is 0 Å². The predicted octanol–water partition coefficient (Wildman–Crippen LogP) is 4.09. The molecule has 3 atom stereocenters. The molecule has 2 rings (SSSR count). The summed E-state index contributed by atoms with van der Waals surface area (Å²) in [4.78, 5) is 12.1. The summed E-state index contributed by atoms with van der Waals surface area (Å²) in [5, 5.41) is 0. The third-order valence-electron chi connectivity index (χ3n) is 5.06.